The van der Waals surface area contributed by atoms with E-state index in [-0.39, 0.29) is 5.91 Å². The Morgan fingerprint density at radius 1 is 1.45 bits per heavy atom. The van der Waals surface area contributed by atoms with Crippen LogP contribution in [0.15, 0.2) is 40.8 Å². The number of aryl methyl sites for hydroxylation is 1. The molecule has 0 aliphatic heterocycles. The van der Waals surface area contributed by atoms with Crippen molar-refractivity contribution in [2.75, 3.05) is 0 Å². The first-order valence-electron chi connectivity index (χ1n) is 5.95. The molecule has 0 radical (unpaired) electrons. The third-order valence-electron chi connectivity index (χ3n) is 2.61. The minimum Gasteiger partial charge on any atom is -0.481 e. The number of hydrogen-bond donors (Lipinski definition) is 0. The molecule has 0 aliphatic carbocycles. The highest BCUT2D eigenvalue weighted by atomic mass is 32.1. The average Bonchev–Trinajstić information content (AvgIpc) is 2.85. The molecule has 0 saturated heterocycles. The number of carbonyl (C=O) groups excluding carboxylic acids is 1. The van der Waals surface area contributed by atoms with Gasteiger partial charge in [-0.25, -0.2) is 0 Å². The molecule has 2 aromatic rings. The largest absolute Gasteiger partial charge is 0.481 e. The fourth-order valence-electron chi connectivity index (χ4n) is 1.48. The van der Waals surface area contributed by atoms with E-state index in [2.05, 4.69) is 4.99 Å². The molecule has 1 unspecified atom stereocenters. The molecule has 6 heteroatoms. The zero-order valence-electron chi connectivity index (χ0n) is 11.1. The number of ether oxygens (including phenoxy) is 1. The lowest BCUT2D eigenvalue weighted by molar-refractivity contribution is -0.124. The topological polar surface area (TPSA) is 67.4 Å². The molecule has 1 aromatic heterocycles. The standard InChI is InChI=1S/C14H13N3O2S/c1-10(13(18)16-14-17(2)7-8-20-14)19-12-5-3-11(9-15)4-6-12/h3-8,10H,1-2H3. The number of carbonyl (C=O) groups is 1. The maximum absolute atomic E-state index is 11.9. The molecule has 0 saturated carbocycles. The molecule has 1 aromatic carbocycles. The van der Waals surface area contributed by atoms with Gasteiger partial charge in [0.2, 0.25) is 0 Å². The van der Waals surface area contributed by atoms with Crippen molar-refractivity contribution in [2.24, 2.45) is 12.0 Å². The van der Waals surface area contributed by atoms with E-state index in [1.54, 1.807) is 35.8 Å². The average molecular weight is 287 g/mol. The van der Waals surface area contributed by atoms with Gasteiger partial charge in [-0.2, -0.15) is 10.3 Å². The zero-order valence-corrected chi connectivity index (χ0v) is 11.9. The molecule has 0 fully saturated rings. The van der Waals surface area contributed by atoms with E-state index >= 15 is 0 Å². The van der Waals surface area contributed by atoms with Crippen LogP contribution in [0, 0.1) is 11.3 Å². The lowest BCUT2D eigenvalue weighted by atomic mass is 10.2. The SMILES string of the molecule is CC(Oc1ccc(C#N)cc1)C(=O)N=c1sccn1C. The van der Waals surface area contributed by atoms with Crippen molar-refractivity contribution in [3.63, 3.8) is 0 Å². The van der Waals surface area contributed by atoms with Gasteiger partial charge in [0.05, 0.1) is 11.6 Å². The number of amides is 1. The van der Waals surface area contributed by atoms with Gasteiger partial charge in [-0.05, 0) is 31.2 Å². The summed E-state index contributed by atoms with van der Waals surface area (Å²) < 4.78 is 7.28. The van der Waals surface area contributed by atoms with Crippen molar-refractivity contribution in [1.29, 1.82) is 5.26 Å². The summed E-state index contributed by atoms with van der Waals surface area (Å²) in [5, 5.41) is 10.6. The predicted octanol–water partition coefficient (Wildman–Crippen LogP) is 1.85. The Bertz CT molecular complexity index is 707. The second kappa shape index (κ2) is 6.17. The van der Waals surface area contributed by atoms with Crippen LogP contribution < -0.4 is 9.54 Å². The molecule has 0 bridgehead atoms. The van der Waals surface area contributed by atoms with E-state index in [1.807, 2.05) is 24.7 Å². The maximum Gasteiger partial charge on any atom is 0.289 e. The van der Waals surface area contributed by atoms with E-state index in [9.17, 15) is 4.79 Å². The first-order valence-corrected chi connectivity index (χ1v) is 6.83. The zero-order chi connectivity index (χ0) is 14.5. The monoisotopic (exact) mass is 287 g/mol. The van der Waals surface area contributed by atoms with E-state index < -0.39 is 6.10 Å². The van der Waals surface area contributed by atoms with Crippen molar-refractivity contribution in [2.45, 2.75) is 13.0 Å². The number of benzene rings is 1. The summed E-state index contributed by atoms with van der Waals surface area (Å²) in [6.07, 6.45) is 1.16. The van der Waals surface area contributed by atoms with E-state index in [0.717, 1.165) is 0 Å². The minimum atomic E-state index is -0.676. The van der Waals surface area contributed by atoms with Crippen LogP contribution >= 0.6 is 11.3 Å². The van der Waals surface area contributed by atoms with Gasteiger partial charge in [-0.1, -0.05) is 0 Å². The molecule has 0 aliphatic rings. The van der Waals surface area contributed by atoms with Crippen molar-refractivity contribution >= 4 is 17.2 Å². The maximum atomic E-state index is 11.9. The second-order valence-corrected chi connectivity index (χ2v) is 5.02. The van der Waals surface area contributed by atoms with E-state index in [4.69, 9.17) is 10.00 Å². The third-order valence-corrected chi connectivity index (χ3v) is 3.46. The third kappa shape index (κ3) is 3.33. The van der Waals surface area contributed by atoms with Crippen LogP contribution in [-0.4, -0.2) is 16.6 Å². The van der Waals surface area contributed by atoms with Gasteiger partial charge >= 0.3 is 0 Å². The number of rotatable bonds is 3. The molecule has 20 heavy (non-hydrogen) atoms. The Balaban J connectivity index is 2.08. The van der Waals surface area contributed by atoms with Gasteiger partial charge in [0.25, 0.3) is 5.91 Å². The van der Waals surface area contributed by atoms with Gasteiger partial charge in [-0.3, -0.25) is 4.79 Å². The summed E-state index contributed by atoms with van der Waals surface area (Å²) >= 11 is 1.39. The summed E-state index contributed by atoms with van der Waals surface area (Å²) in [6, 6.07) is 8.63. The number of thiazole rings is 1. The van der Waals surface area contributed by atoms with Crippen LogP contribution in [0.25, 0.3) is 0 Å². The summed E-state index contributed by atoms with van der Waals surface area (Å²) in [4.78, 5) is 16.6. The number of nitriles is 1. The van der Waals surface area contributed by atoms with Gasteiger partial charge in [0.1, 0.15) is 5.75 Å². The van der Waals surface area contributed by atoms with Gasteiger partial charge in [0.15, 0.2) is 10.9 Å². The van der Waals surface area contributed by atoms with Crippen molar-refractivity contribution in [3.8, 4) is 11.8 Å². The highest BCUT2D eigenvalue weighted by Gasteiger charge is 2.14. The molecule has 1 amide bonds. The van der Waals surface area contributed by atoms with Crippen LogP contribution in [0.2, 0.25) is 0 Å². The van der Waals surface area contributed by atoms with Crippen LogP contribution in [-0.2, 0) is 11.8 Å². The Kier molecular flexibility index (Phi) is 4.33. The minimum absolute atomic E-state index is 0.340. The molecule has 0 spiro atoms. The highest BCUT2D eigenvalue weighted by molar-refractivity contribution is 7.07. The molecular weight excluding hydrogens is 274 g/mol. The van der Waals surface area contributed by atoms with E-state index in [1.165, 1.54) is 11.3 Å². The van der Waals surface area contributed by atoms with Gasteiger partial charge in [0, 0.05) is 18.6 Å². The van der Waals surface area contributed by atoms with Crippen molar-refractivity contribution in [3.05, 3.63) is 46.2 Å². The molecular formula is C14H13N3O2S. The normalized spacial score (nSPS) is 12.8. The van der Waals surface area contributed by atoms with Crippen LogP contribution in [0.4, 0.5) is 0 Å². The number of nitrogens with zero attached hydrogens (tertiary/aromatic N) is 3. The summed E-state index contributed by atoms with van der Waals surface area (Å²) in [7, 11) is 1.83. The Morgan fingerprint density at radius 3 is 2.70 bits per heavy atom. The van der Waals surface area contributed by atoms with Crippen molar-refractivity contribution < 1.29 is 9.53 Å². The first-order chi connectivity index (χ1) is 9.60. The molecule has 102 valence electrons. The molecule has 1 heterocycles. The van der Waals surface area contributed by atoms with E-state index in [0.29, 0.717) is 16.1 Å². The molecule has 5 nitrogen and oxygen atoms in total. The fourth-order valence-corrected chi connectivity index (χ4v) is 2.22. The second-order valence-electron chi connectivity index (χ2n) is 4.14. The van der Waals surface area contributed by atoms with Gasteiger partial charge < -0.3 is 9.30 Å². The molecule has 0 N–H and O–H groups in total. The number of hydrogen-bond acceptors (Lipinski definition) is 4. The lowest BCUT2D eigenvalue weighted by Crippen LogP contribution is -2.25. The van der Waals surface area contributed by atoms with Crippen LogP contribution in [0.3, 0.4) is 0 Å². The smallest absolute Gasteiger partial charge is 0.289 e. The Morgan fingerprint density at radius 2 is 2.15 bits per heavy atom. The molecule has 2 rings (SSSR count). The van der Waals surface area contributed by atoms with Gasteiger partial charge in [-0.15, -0.1) is 11.3 Å². The van der Waals surface area contributed by atoms with Crippen molar-refractivity contribution in [1.82, 2.24) is 4.57 Å². The summed E-state index contributed by atoms with van der Waals surface area (Å²) in [5.41, 5.74) is 0.548. The predicted molar refractivity (Wildman–Crippen MR) is 75.1 cm³/mol. The highest BCUT2D eigenvalue weighted by Crippen LogP contribution is 2.13. The first kappa shape index (κ1) is 14.0. The summed E-state index contributed by atoms with van der Waals surface area (Å²) in [5.74, 6) is 0.197. The lowest BCUT2D eigenvalue weighted by Gasteiger charge is -2.10. The Labute approximate surface area is 120 Å². The fraction of sp³-hybridized carbons (Fsp3) is 0.214. The van der Waals surface area contributed by atoms with Crippen LogP contribution in [0.5, 0.6) is 5.75 Å². The van der Waals surface area contributed by atoms with Crippen LogP contribution in [0.1, 0.15) is 12.5 Å². The molecule has 1 atom stereocenters. The quantitative estimate of drug-likeness (QED) is 0.865. The number of aromatic nitrogens is 1. The summed E-state index contributed by atoms with van der Waals surface area (Å²) in [6.45, 7) is 1.65. The Hall–Kier alpha value is -2.39.